The lowest BCUT2D eigenvalue weighted by Gasteiger charge is -2.06. The minimum atomic E-state index is 0.237. The number of para-hydroxylation sites is 2. The predicted molar refractivity (Wildman–Crippen MR) is 92.4 cm³/mol. The molecule has 1 aromatic heterocycles. The number of hydrogen-bond acceptors (Lipinski definition) is 2. The minimum absolute atomic E-state index is 0.237. The van der Waals surface area contributed by atoms with E-state index in [0.29, 0.717) is 5.82 Å². The first kappa shape index (κ1) is 13.6. The van der Waals surface area contributed by atoms with Crippen LogP contribution in [-0.4, -0.2) is 15.1 Å². The fourth-order valence-corrected chi connectivity index (χ4v) is 2.79. The van der Waals surface area contributed by atoms with Gasteiger partial charge in [0, 0.05) is 0 Å². The molecule has 0 unspecified atom stereocenters. The van der Waals surface area contributed by atoms with Crippen LogP contribution in [0.3, 0.4) is 0 Å². The first-order valence-electron chi connectivity index (χ1n) is 7.60. The third kappa shape index (κ3) is 2.69. The summed E-state index contributed by atoms with van der Waals surface area (Å²) >= 11 is 0. The molecule has 0 spiro atoms. The predicted octanol–water partition coefficient (Wildman–Crippen LogP) is 4.53. The van der Waals surface area contributed by atoms with Gasteiger partial charge < -0.3 is 10.1 Å². The molecule has 4 rings (SSSR count). The van der Waals surface area contributed by atoms with E-state index in [1.54, 1.807) is 6.07 Å². The van der Waals surface area contributed by atoms with E-state index in [1.807, 2.05) is 54.6 Å². The molecule has 0 bridgehead atoms. The summed E-state index contributed by atoms with van der Waals surface area (Å²) in [4.78, 5) is 7.85. The number of rotatable bonds is 3. The maximum Gasteiger partial charge on any atom is 0.142 e. The summed E-state index contributed by atoms with van der Waals surface area (Å²) in [5.74, 6) is 0.930. The molecule has 0 radical (unpaired) electrons. The van der Waals surface area contributed by atoms with Crippen molar-refractivity contribution in [1.29, 1.82) is 0 Å². The zero-order valence-corrected chi connectivity index (χ0v) is 12.5. The van der Waals surface area contributed by atoms with Gasteiger partial charge in [0.1, 0.15) is 11.6 Å². The van der Waals surface area contributed by atoms with Gasteiger partial charge in [0.05, 0.1) is 16.6 Å². The highest BCUT2D eigenvalue weighted by molar-refractivity contribution is 5.80. The summed E-state index contributed by atoms with van der Waals surface area (Å²) in [6.07, 6.45) is 0.828. The third-order valence-corrected chi connectivity index (χ3v) is 3.96. The van der Waals surface area contributed by atoms with E-state index in [1.165, 1.54) is 5.56 Å². The highest BCUT2D eigenvalue weighted by Gasteiger charge is 2.10. The number of hydrogen-bond donors (Lipinski definition) is 2. The molecule has 4 aromatic rings. The molecule has 3 aromatic carbocycles. The van der Waals surface area contributed by atoms with Crippen molar-refractivity contribution in [2.24, 2.45) is 0 Å². The topological polar surface area (TPSA) is 48.9 Å². The fraction of sp³-hybridized carbons (Fsp3) is 0.0500. The quantitative estimate of drug-likeness (QED) is 0.584. The Balaban J connectivity index is 1.74. The molecule has 0 aliphatic rings. The number of phenols is 1. The molecule has 0 fully saturated rings. The number of nitrogens with zero attached hydrogens (tertiary/aromatic N) is 1. The Morgan fingerprint density at radius 1 is 0.826 bits per heavy atom. The summed E-state index contributed by atoms with van der Waals surface area (Å²) in [6, 6.07) is 23.9. The van der Waals surface area contributed by atoms with Gasteiger partial charge in [-0.2, -0.15) is 0 Å². The van der Waals surface area contributed by atoms with Crippen molar-refractivity contribution >= 4 is 11.0 Å². The molecule has 3 heteroatoms. The third-order valence-electron chi connectivity index (χ3n) is 3.96. The Morgan fingerprint density at radius 2 is 1.61 bits per heavy atom. The molecule has 3 nitrogen and oxygen atoms in total. The van der Waals surface area contributed by atoms with Crippen LogP contribution in [0.4, 0.5) is 0 Å². The zero-order valence-electron chi connectivity index (χ0n) is 12.5. The van der Waals surface area contributed by atoms with Gasteiger partial charge in [-0.15, -0.1) is 0 Å². The summed E-state index contributed by atoms with van der Waals surface area (Å²) < 4.78 is 0. The number of aromatic amines is 1. The summed E-state index contributed by atoms with van der Waals surface area (Å²) in [5, 5.41) is 10.2. The molecule has 0 amide bonds. The van der Waals surface area contributed by atoms with Crippen LogP contribution in [0.1, 0.15) is 11.1 Å². The van der Waals surface area contributed by atoms with Gasteiger partial charge in [-0.1, -0.05) is 48.5 Å². The van der Waals surface area contributed by atoms with Crippen LogP contribution in [0.25, 0.3) is 22.4 Å². The van der Waals surface area contributed by atoms with E-state index in [4.69, 9.17) is 0 Å². The monoisotopic (exact) mass is 300 g/mol. The van der Waals surface area contributed by atoms with Crippen LogP contribution < -0.4 is 0 Å². The Morgan fingerprint density at radius 3 is 2.43 bits per heavy atom. The van der Waals surface area contributed by atoms with Gasteiger partial charge >= 0.3 is 0 Å². The molecule has 23 heavy (non-hydrogen) atoms. The highest BCUT2D eigenvalue weighted by atomic mass is 16.3. The molecule has 0 aliphatic carbocycles. The number of H-pyrrole nitrogens is 1. The lowest BCUT2D eigenvalue weighted by atomic mass is 10.0. The number of fused-ring (bicyclic) bond motifs is 1. The first-order chi connectivity index (χ1) is 11.3. The molecule has 0 atom stereocenters. The Bertz CT molecular complexity index is 925. The van der Waals surface area contributed by atoms with Crippen LogP contribution >= 0.6 is 0 Å². The second-order valence-corrected chi connectivity index (χ2v) is 5.62. The summed E-state index contributed by atoms with van der Waals surface area (Å²) in [7, 11) is 0. The normalized spacial score (nSPS) is 11.0. The van der Waals surface area contributed by atoms with Crippen molar-refractivity contribution in [3.63, 3.8) is 0 Å². The van der Waals surface area contributed by atoms with Gasteiger partial charge in [-0.3, -0.25) is 0 Å². The smallest absolute Gasteiger partial charge is 0.142 e. The second-order valence-electron chi connectivity index (χ2n) is 5.62. The average Bonchev–Trinajstić information content (AvgIpc) is 3.01. The van der Waals surface area contributed by atoms with E-state index >= 15 is 0 Å². The van der Waals surface area contributed by atoms with E-state index in [2.05, 4.69) is 22.1 Å². The number of aromatic nitrogens is 2. The van der Waals surface area contributed by atoms with E-state index < -0.39 is 0 Å². The molecular formula is C20H16N2O. The Labute approximate surface area is 134 Å². The van der Waals surface area contributed by atoms with Crippen LogP contribution in [-0.2, 0) is 6.42 Å². The molecule has 112 valence electrons. The van der Waals surface area contributed by atoms with Gasteiger partial charge in [0.15, 0.2) is 0 Å². The molecule has 0 saturated carbocycles. The number of aromatic hydroxyl groups is 1. The number of benzene rings is 3. The Kier molecular flexibility index (Phi) is 3.31. The van der Waals surface area contributed by atoms with Crippen molar-refractivity contribution in [2.75, 3.05) is 0 Å². The lowest BCUT2D eigenvalue weighted by molar-refractivity contribution is 0.477. The number of nitrogens with one attached hydrogen (secondary N) is 1. The highest BCUT2D eigenvalue weighted by Crippen LogP contribution is 2.30. The van der Waals surface area contributed by atoms with Gasteiger partial charge in [-0.25, -0.2) is 4.98 Å². The van der Waals surface area contributed by atoms with Crippen molar-refractivity contribution in [2.45, 2.75) is 6.42 Å². The zero-order chi connectivity index (χ0) is 15.6. The van der Waals surface area contributed by atoms with Crippen LogP contribution in [0, 0.1) is 0 Å². The standard InChI is InChI=1S/C20H16N2O/c23-19-11-10-15(12-14-6-2-1-3-7-14)13-16(19)20-21-17-8-4-5-9-18(17)22-20/h1-11,13,23H,12H2,(H,21,22). The molecule has 0 saturated heterocycles. The van der Waals surface area contributed by atoms with Gasteiger partial charge in [-0.05, 0) is 41.8 Å². The molecule has 0 aliphatic heterocycles. The van der Waals surface area contributed by atoms with Gasteiger partial charge in [0.2, 0.25) is 0 Å². The SMILES string of the molecule is Oc1ccc(Cc2ccccc2)cc1-c1nc2ccccc2[nH]1. The average molecular weight is 300 g/mol. The van der Waals surface area contributed by atoms with E-state index in [-0.39, 0.29) is 5.75 Å². The molecule has 1 heterocycles. The van der Waals surface area contributed by atoms with Gasteiger partial charge in [0.25, 0.3) is 0 Å². The van der Waals surface area contributed by atoms with E-state index in [0.717, 1.165) is 28.6 Å². The fourth-order valence-electron chi connectivity index (χ4n) is 2.79. The van der Waals surface area contributed by atoms with E-state index in [9.17, 15) is 5.11 Å². The summed E-state index contributed by atoms with van der Waals surface area (Å²) in [5.41, 5.74) is 4.98. The first-order valence-corrected chi connectivity index (χ1v) is 7.60. The lowest BCUT2D eigenvalue weighted by Crippen LogP contribution is -1.90. The van der Waals surface area contributed by atoms with Crippen LogP contribution in [0.5, 0.6) is 5.75 Å². The molecular weight excluding hydrogens is 284 g/mol. The molecule has 2 N–H and O–H groups in total. The number of phenolic OH excluding ortho intramolecular Hbond substituents is 1. The van der Waals surface area contributed by atoms with Crippen LogP contribution in [0.15, 0.2) is 72.8 Å². The maximum atomic E-state index is 10.2. The minimum Gasteiger partial charge on any atom is -0.507 e. The van der Waals surface area contributed by atoms with Crippen molar-refractivity contribution in [3.8, 4) is 17.1 Å². The van der Waals surface area contributed by atoms with Crippen molar-refractivity contribution in [3.05, 3.63) is 83.9 Å². The maximum absolute atomic E-state index is 10.2. The Hall–Kier alpha value is -3.07. The number of imidazole rings is 1. The van der Waals surface area contributed by atoms with Crippen molar-refractivity contribution in [1.82, 2.24) is 9.97 Å². The second kappa shape index (κ2) is 5.61. The summed E-state index contributed by atoms with van der Waals surface area (Å²) in [6.45, 7) is 0. The van der Waals surface area contributed by atoms with Crippen molar-refractivity contribution < 1.29 is 5.11 Å². The van der Waals surface area contributed by atoms with Crippen LogP contribution in [0.2, 0.25) is 0 Å². The largest absolute Gasteiger partial charge is 0.507 e.